The van der Waals surface area contributed by atoms with Crippen LogP contribution in [0.25, 0.3) is 33.3 Å². The van der Waals surface area contributed by atoms with Gasteiger partial charge in [0.2, 0.25) is 0 Å². The van der Waals surface area contributed by atoms with Crippen LogP contribution in [0.5, 0.6) is 0 Å². The minimum Gasteiger partial charge on any atom is -0.426 e. The van der Waals surface area contributed by atoms with Gasteiger partial charge in [0.15, 0.2) is 11.6 Å². The fraction of sp³-hybridized carbons (Fsp3) is 0.447. The number of nitrogens with zero attached hydrogens (tertiary/aromatic N) is 10. The molecule has 0 bridgehead atoms. The van der Waals surface area contributed by atoms with Crippen LogP contribution in [-0.2, 0) is 34.3 Å². The van der Waals surface area contributed by atoms with Gasteiger partial charge in [-0.3, -0.25) is 33.1 Å². The third-order valence-corrected chi connectivity index (χ3v) is 16.9. The molecule has 0 aliphatic heterocycles. The number of allylic oxidation sites excluding steroid dienone is 1. The first-order chi connectivity index (χ1) is 47.7. The van der Waals surface area contributed by atoms with Crippen LogP contribution in [0.2, 0.25) is 0 Å². The lowest BCUT2D eigenvalue weighted by atomic mass is 9.98. The molecule has 24 heteroatoms. The van der Waals surface area contributed by atoms with Gasteiger partial charge in [0.05, 0.1) is 104 Å². The molecule has 23 nitrogen and oxygen atoms in total. The summed E-state index contributed by atoms with van der Waals surface area (Å²) in [6.07, 6.45) is 24.2. The van der Waals surface area contributed by atoms with E-state index in [2.05, 4.69) is 49.4 Å². The summed E-state index contributed by atoms with van der Waals surface area (Å²) in [6.45, 7) is 18.1. The summed E-state index contributed by atoms with van der Waals surface area (Å²) in [5.74, 6) is 2.82. The molecule has 0 unspecified atom stereocenters. The van der Waals surface area contributed by atoms with Crippen molar-refractivity contribution in [1.82, 2.24) is 48.1 Å². The summed E-state index contributed by atoms with van der Waals surface area (Å²) in [6, 6.07) is 34.5. The van der Waals surface area contributed by atoms with Gasteiger partial charge in [-0.15, -0.1) is 0 Å². The van der Waals surface area contributed by atoms with E-state index in [1.54, 1.807) is 27.7 Å². The van der Waals surface area contributed by atoms with E-state index in [-0.39, 0.29) is 54.6 Å². The molecule has 6 aliphatic carbocycles. The van der Waals surface area contributed by atoms with E-state index in [1.165, 1.54) is 73.8 Å². The predicted molar refractivity (Wildman–Crippen MR) is 380 cm³/mol. The molecule has 6 fully saturated rings. The Bertz CT molecular complexity index is 4350. The summed E-state index contributed by atoms with van der Waals surface area (Å²) in [5.41, 5.74) is 14.7. The minimum absolute atomic E-state index is 0.0284. The van der Waals surface area contributed by atoms with Gasteiger partial charge in [-0.25, -0.2) is 22.6 Å². The van der Waals surface area contributed by atoms with Gasteiger partial charge in [-0.05, 0) is 169 Å². The summed E-state index contributed by atoms with van der Waals surface area (Å²) < 4.78 is 51.3. The Kier molecular flexibility index (Phi) is 25.4. The molecule has 10 heterocycles. The third kappa shape index (κ3) is 21.0. The van der Waals surface area contributed by atoms with Gasteiger partial charge < -0.3 is 19.7 Å². The molecule has 4 N–H and O–H groups in total. The molecular formula is C76H94N10O13S. The molecule has 6 aliphatic rings. The molecule has 6 saturated carbocycles. The van der Waals surface area contributed by atoms with Crippen LogP contribution in [-0.4, -0.2) is 118 Å². The molecule has 100 heavy (non-hydrogen) atoms. The quantitative estimate of drug-likeness (QED) is 0.0244. The van der Waals surface area contributed by atoms with Crippen molar-refractivity contribution in [2.24, 2.45) is 29.6 Å². The fourth-order valence-corrected chi connectivity index (χ4v) is 10.6. The predicted octanol–water partition coefficient (Wildman–Crippen LogP) is 14.1. The molecule has 532 valence electrons. The number of aliphatic hydroxyl groups is 2. The van der Waals surface area contributed by atoms with Crippen LogP contribution in [0, 0.1) is 29.6 Å². The van der Waals surface area contributed by atoms with Crippen LogP contribution in [0.15, 0.2) is 140 Å². The third-order valence-electron chi connectivity index (χ3n) is 16.9. The molecular weight excluding hydrogens is 1290 g/mol. The Morgan fingerprint density at radius 2 is 0.750 bits per heavy atom. The number of carbonyl (C=O) groups is 5. The lowest BCUT2D eigenvalue weighted by molar-refractivity contribution is -0.164. The number of hydrogen-bond acceptors (Lipinski definition) is 16. The van der Waals surface area contributed by atoms with Gasteiger partial charge in [0.25, 0.3) is 0 Å². The topological polar surface area (TPSA) is 305 Å². The van der Waals surface area contributed by atoms with Crippen LogP contribution >= 0.6 is 0 Å². The van der Waals surface area contributed by atoms with Crippen LogP contribution < -0.4 is 0 Å². The van der Waals surface area contributed by atoms with Gasteiger partial charge in [-0.2, -0.15) is 33.9 Å². The summed E-state index contributed by atoms with van der Waals surface area (Å²) in [7, 11) is -4.67. The second kappa shape index (κ2) is 33.9. The Morgan fingerprint density at radius 3 is 1.07 bits per heavy atom. The monoisotopic (exact) mass is 1390 g/mol. The lowest BCUT2D eigenvalue weighted by Gasteiger charge is -2.13. The average molecular weight is 1390 g/mol. The maximum atomic E-state index is 12.4. The Hall–Kier alpha value is -9.07. The average Bonchev–Trinajstić information content (AvgIpc) is 1.62. The normalized spacial score (nSPS) is 15.3. The highest BCUT2D eigenvalue weighted by molar-refractivity contribution is 7.79. The van der Waals surface area contributed by atoms with E-state index >= 15 is 0 Å². The fourth-order valence-electron chi connectivity index (χ4n) is 10.6. The maximum absolute atomic E-state index is 12.4. The first-order valence-electron chi connectivity index (χ1n) is 34.7. The lowest BCUT2D eigenvalue weighted by Crippen LogP contribution is -2.20. The number of esters is 3. The zero-order chi connectivity index (χ0) is 72.1. The molecule has 0 atom stereocenters. The smallest absolute Gasteiger partial charge is 0.394 e. The number of carbonyl (C=O) groups excluding carboxylic acids is 5. The Labute approximate surface area is 583 Å². The van der Waals surface area contributed by atoms with Crippen molar-refractivity contribution < 1.29 is 61.2 Å². The first kappa shape index (κ1) is 75.1. The number of ketones is 2. The summed E-state index contributed by atoms with van der Waals surface area (Å²) in [4.78, 5) is 58.4. The maximum Gasteiger partial charge on any atom is 0.394 e. The van der Waals surface area contributed by atoms with Crippen molar-refractivity contribution in [3.63, 3.8) is 0 Å². The van der Waals surface area contributed by atoms with Gasteiger partial charge in [0.1, 0.15) is 5.76 Å². The highest BCUT2D eigenvalue weighted by Gasteiger charge is 2.39. The zero-order valence-corrected chi connectivity index (χ0v) is 59.5. The number of Topliss-reactive ketones (excluding diaryl/α,β-unsaturated/α-hetero) is 2. The van der Waals surface area contributed by atoms with E-state index in [0.717, 1.165) is 93.4 Å². The van der Waals surface area contributed by atoms with E-state index in [9.17, 15) is 24.0 Å². The Balaban J connectivity index is 0.000000138. The van der Waals surface area contributed by atoms with Crippen molar-refractivity contribution in [3.8, 4) is 0 Å². The van der Waals surface area contributed by atoms with Gasteiger partial charge in [0, 0.05) is 72.4 Å². The number of rotatable bonds is 15. The van der Waals surface area contributed by atoms with Gasteiger partial charge in [-0.1, -0.05) is 85.7 Å². The number of pyridine rings is 5. The molecule has 10 aromatic rings. The number of aromatic nitrogens is 10. The second-order valence-corrected chi connectivity index (χ2v) is 28.4. The highest BCUT2D eigenvalue weighted by atomic mass is 32.3. The van der Waals surface area contributed by atoms with Crippen molar-refractivity contribution in [2.75, 3.05) is 13.2 Å². The van der Waals surface area contributed by atoms with Crippen LogP contribution in [0.4, 0.5) is 0 Å². The molecule has 0 amide bonds. The molecule has 0 spiro atoms. The van der Waals surface area contributed by atoms with Crippen LogP contribution in [0.1, 0.15) is 231 Å². The standard InChI is InChI=1S/C18H22N2O2.C14H14N2O.C14H16N2O.2C10H10N2.C8H14O3.C2H6O2.H2O4S/c1-11(2)17(22-18(21)12(3)4)15-14-7-5-6-10-20(14)19-16(15)13-8-9-13;17-14(10-6-7-10)12-11-3-1-2-8-16(11)15-13(12)9-4-5-9;1-9(2)14(17)12-11-5-3-4-8-16(11)15-13(12)10-6-7-10;2*1-2-6-12-9(3-1)7-10(11-12)8-4-5-8;1-5(2)7(9)11-8(10)6(3)4;3-1-2-4;1-5(2,3)4/h5-7,10,12-13H,8-9H2,1-4H3;1-3,8-10H,4-7H2;3-5,8-10H,6-7H2,1-2H3;2*1-3,6-8H,4-5H2;5-6H,1-4H3;3-4H,1-2H2;(H2,1,2,3,4). The Morgan fingerprint density at radius 1 is 0.430 bits per heavy atom. The van der Waals surface area contributed by atoms with E-state index in [0.29, 0.717) is 29.3 Å². The van der Waals surface area contributed by atoms with Crippen molar-refractivity contribution in [3.05, 3.63) is 185 Å². The summed E-state index contributed by atoms with van der Waals surface area (Å²) in [5, 5.41) is 38.1. The van der Waals surface area contributed by atoms with E-state index in [4.69, 9.17) is 37.6 Å². The molecule has 16 rings (SSSR count). The first-order valence-corrected chi connectivity index (χ1v) is 36.1. The number of hydrogen-bond donors (Lipinski definition) is 4. The minimum atomic E-state index is -4.67. The zero-order valence-electron chi connectivity index (χ0n) is 58.7. The second-order valence-electron chi connectivity index (χ2n) is 27.5. The highest BCUT2D eigenvalue weighted by Crippen LogP contribution is 2.47. The molecule has 0 aromatic carbocycles. The van der Waals surface area contributed by atoms with Crippen LogP contribution in [0.3, 0.4) is 0 Å². The molecule has 0 radical (unpaired) electrons. The number of fused-ring (bicyclic) bond motifs is 5. The van der Waals surface area contributed by atoms with Crippen molar-refractivity contribution in [2.45, 2.75) is 176 Å². The van der Waals surface area contributed by atoms with Crippen molar-refractivity contribution >= 4 is 73.2 Å². The summed E-state index contributed by atoms with van der Waals surface area (Å²) >= 11 is 0. The number of aliphatic hydroxyl groups excluding tert-OH is 2. The van der Waals surface area contributed by atoms with Crippen molar-refractivity contribution in [1.29, 1.82) is 0 Å². The van der Waals surface area contributed by atoms with E-state index < -0.39 is 22.3 Å². The number of ether oxygens (including phenoxy) is 2. The molecule has 0 saturated heterocycles. The SMILES string of the molecule is CC(C)=C(OC(=O)C(C)C)c1c(C2CC2)nn2ccccc12.CC(C)C(=O)OC(=O)C(C)C.CC(C)C(=O)c1c(C2CC2)nn2ccccc12.O=C(c1c(C2CC2)nn2ccccc12)C1CC1.O=S(=O)(O)O.OCCO.c1ccn2nc(C3CC3)cc2c1.c1ccn2nc(C3CC3)cc2c1. The van der Waals surface area contributed by atoms with Gasteiger partial charge >= 0.3 is 28.3 Å². The van der Waals surface area contributed by atoms with E-state index in [1.807, 2.05) is 174 Å². The largest absolute Gasteiger partial charge is 0.426 e. The molecule has 10 aromatic heterocycles.